The molecule has 0 unspecified atom stereocenters. The molecule has 0 spiro atoms. The maximum Gasteiger partial charge on any atom is 0.409 e. The Morgan fingerprint density at radius 3 is 2.66 bits per heavy atom. The van der Waals surface area contributed by atoms with Crippen LogP contribution >= 0.6 is 11.6 Å². The Balaban J connectivity index is 1.44. The van der Waals surface area contributed by atoms with Crippen LogP contribution in [-0.2, 0) is 16.1 Å². The topological polar surface area (TPSA) is 102 Å². The average molecular weight is 502 g/mol. The van der Waals surface area contributed by atoms with Gasteiger partial charge in [-0.25, -0.2) is 14.8 Å². The third-order valence-electron chi connectivity index (χ3n) is 6.93. The van der Waals surface area contributed by atoms with Gasteiger partial charge in [0.2, 0.25) is 0 Å². The number of hydrogen-bond acceptors (Lipinski definition) is 6. The van der Waals surface area contributed by atoms with Gasteiger partial charge in [0.25, 0.3) is 0 Å². The van der Waals surface area contributed by atoms with E-state index in [4.69, 9.17) is 21.1 Å². The van der Waals surface area contributed by atoms with Crippen LogP contribution in [0.5, 0.6) is 5.75 Å². The fourth-order valence-electron chi connectivity index (χ4n) is 4.64. The van der Waals surface area contributed by atoms with Crippen LogP contribution in [0.25, 0.3) is 11.4 Å². The highest BCUT2D eigenvalue weighted by molar-refractivity contribution is 6.30. The second-order valence-corrected chi connectivity index (χ2v) is 10.1. The van der Waals surface area contributed by atoms with E-state index in [0.717, 1.165) is 31.2 Å². The average Bonchev–Trinajstić information content (AvgIpc) is 2.81. The van der Waals surface area contributed by atoms with Crippen LogP contribution in [-0.4, -0.2) is 51.7 Å². The number of aromatic nitrogens is 2. The van der Waals surface area contributed by atoms with Crippen LogP contribution in [0.4, 0.5) is 4.79 Å². The van der Waals surface area contributed by atoms with Crippen LogP contribution in [0.2, 0.25) is 5.02 Å². The van der Waals surface area contributed by atoms with Gasteiger partial charge in [-0.2, -0.15) is 0 Å². The number of amides is 1. The molecule has 1 aromatic heterocycles. The van der Waals surface area contributed by atoms with Gasteiger partial charge in [-0.05, 0) is 69.6 Å². The van der Waals surface area contributed by atoms with E-state index in [1.54, 1.807) is 30.3 Å². The third-order valence-corrected chi connectivity index (χ3v) is 7.17. The highest BCUT2D eigenvalue weighted by atomic mass is 35.5. The van der Waals surface area contributed by atoms with Crippen molar-refractivity contribution in [2.75, 3.05) is 13.6 Å². The summed E-state index contributed by atoms with van der Waals surface area (Å²) in [5.41, 5.74) is 2.10. The maximum absolute atomic E-state index is 12.5. The normalized spacial score (nSPS) is 20.1. The molecular weight excluding hydrogens is 470 g/mol. The molecule has 0 bridgehead atoms. The molecule has 1 aromatic carbocycles. The van der Waals surface area contributed by atoms with Gasteiger partial charge in [0, 0.05) is 29.7 Å². The summed E-state index contributed by atoms with van der Waals surface area (Å²) >= 11 is 6.22. The van der Waals surface area contributed by atoms with Gasteiger partial charge in [-0.1, -0.05) is 18.0 Å². The van der Waals surface area contributed by atoms with Crippen LogP contribution in [0.1, 0.15) is 56.2 Å². The van der Waals surface area contributed by atoms with E-state index in [2.05, 4.69) is 9.97 Å². The van der Waals surface area contributed by atoms with E-state index < -0.39 is 5.97 Å². The van der Waals surface area contributed by atoms with Crippen molar-refractivity contribution in [2.24, 2.45) is 11.8 Å². The summed E-state index contributed by atoms with van der Waals surface area (Å²) in [6.45, 7) is 2.60. The van der Waals surface area contributed by atoms with Crippen molar-refractivity contribution < 1.29 is 24.2 Å². The number of halogens is 1. The molecule has 2 atom stereocenters. The van der Waals surface area contributed by atoms with Crippen LogP contribution in [0, 0.1) is 18.8 Å². The van der Waals surface area contributed by atoms with E-state index in [9.17, 15) is 14.7 Å². The molecule has 188 valence electrons. The number of aliphatic carboxylic acids is 1. The molecule has 1 N–H and O–H groups in total. The zero-order chi connectivity index (χ0) is 24.9. The summed E-state index contributed by atoms with van der Waals surface area (Å²) in [4.78, 5) is 34.6. The molecule has 2 aromatic rings. The molecular formula is C26H32ClN3O5. The summed E-state index contributed by atoms with van der Waals surface area (Å²) in [5.74, 6) is 0.444. The first-order valence-electron chi connectivity index (χ1n) is 12.2. The largest absolute Gasteiger partial charge is 0.487 e. The van der Waals surface area contributed by atoms with E-state index in [1.165, 1.54) is 6.42 Å². The summed E-state index contributed by atoms with van der Waals surface area (Å²) in [7, 11) is 1.76. The maximum atomic E-state index is 12.5. The monoisotopic (exact) mass is 501 g/mol. The van der Waals surface area contributed by atoms with Crippen molar-refractivity contribution in [3.63, 3.8) is 0 Å². The molecule has 2 aliphatic rings. The molecule has 8 nitrogen and oxygen atoms in total. The summed E-state index contributed by atoms with van der Waals surface area (Å²) in [6.07, 6.45) is 7.44. The van der Waals surface area contributed by atoms with Crippen LogP contribution in [0.15, 0.2) is 24.4 Å². The minimum absolute atomic E-state index is 0.0586. The Labute approximate surface area is 210 Å². The van der Waals surface area contributed by atoms with Crippen molar-refractivity contribution in [1.82, 2.24) is 14.9 Å². The first-order chi connectivity index (χ1) is 16.8. The number of aryl methyl sites for hydroxylation is 1. The number of nitrogens with zero attached hydrogens (tertiary/aromatic N) is 3. The summed E-state index contributed by atoms with van der Waals surface area (Å²) < 4.78 is 11.6. The van der Waals surface area contributed by atoms with E-state index in [0.29, 0.717) is 53.2 Å². The van der Waals surface area contributed by atoms with Crippen molar-refractivity contribution >= 4 is 23.7 Å². The number of hydrogen-bond donors (Lipinski definition) is 1. The smallest absolute Gasteiger partial charge is 0.409 e. The summed E-state index contributed by atoms with van der Waals surface area (Å²) in [5, 5.41) is 9.85. The van der Waals surface area contributed by atoms with E-state index in [1.807, 2.05) is 13.0 Å². The van der Waals surface area contributed by atoms with Crippen molar-refractivity contribution in [3.05, 3.63) is 40.7 Å². The molecule has 4 rings (SSSR count). The molecule has 2 aliphatic carbocycles. The van der Waals surface area contributed by atoms with Gasteiger partial charge in [0.15, 0.2) is 11.6 Å². The van der Waals surface area contributed by atoms with Crippen LogP contribution in [0.3, 0.4) is 0 Å². The minimum Gasteiger partial charge on any atom is -0.487 e. The fourth-order valence-corrected chi connectivity index (χ4v) is 4.84. The fraction of sp³-hybridized carbons (Fsp3) is 0.538. The van der Waals surface area contributed by atoms with Gasteiger partial charge in [0.05, 0.1) is 23.9 Å². The Morgan fingerprint density at radius 1 is 1.20 bits per heavy atom. The molecule has 1 heterocycles. The Kier molecular flexibility index (Phi) is 8.11. The lowest BCUT2D eigenvalue weighted by Crippen LogP contribution is -2.34. The SMILES string of the molecule is Cc1nc(-c2ccc(Cl)cc2COC(=O)N(C)CC2CCC2)ncc1O[C@H]1CCC[C@H](C(=O)O)C1. The highest BCUT2D eigenvalue weighted by Crippen LogP contribution is 2.31. The molecule has 0 saturated heterocycles. The van der Waals surface area contributed by atoms with Crippen molar-refractivity contribution in [3.8, 4) is 17.1 Å². The first kappa shape index (κ1) is 25.2. The number of carbonyl (C=O) groups excluding carboxylic acids is 1. The number of carboxylic acids is 1. The van der Waals surface area contributed by atoms with E-state index >= 15 is 0 Å². The number of rotatable bonds is 8. The molecule has 35 heavy (non-hydrogen) atoms. The van der Waals surface area contributed by atoms with Crippen molar-refractivity contribution in [2.45, 2.75) is 64.6 Å². The quantitative estimate of drug-likeness (QED) is 0.509. The highest BCUT2D eigenvalue weighted by Gasteiger charge is 2.29. The molecule has 0 radical (unpaired) electrons. The lowest BCUT2D eigenvalue weighted by molar-refractivity contribution is -0.143. The second-order valence-electron chi connectivity index (χ2n) is 9.62. The Bertz CT molecular complexity index is 1070. The predicted molar refractivity (Wildman–Crippen MR) is 131 cm³/mol. The zero-order valence-corrected chi connectivity index (χ0v) is 21.0. The molecule has 2 fully saturated rings. The standard InChI is InChI=1S/C26H32ClN3O5/c1-16-23(35-21-8-4-7-18(12-21)25(31)32)13-28-24(29-16)22-10-9-20(27)11-19(22)15-34-26(33)30(2)14-17-5-3-6-17/h9-11,13,17-18,21H,3-8,12,14-15H2,1-2H3,(H,31,32)/t18-,21-/m0/s1. The Morgan fingerprint density at radius 2 is 1.97 bits per heavy atom. The second kappa shape index (κ2) is 11.2. The van der Waals surface area contributed by atoms with Gasteiger partial charge in [-0.15, -0.1) is 0 Å². The number of carbonyl (C=O) groups is 2. The molecule has 2 saturated carbocycles. The lowest BCUT2D eigenvalue weighted by atomic mass is 9.85. The van der Waals surface area contributed by atoms with Gasteiger partial charge < -0.3 is 19.5 Å². The molecule has 9 heteroatoms. The first-order valence-corrected chi connectivity index (χ1v) is 12.6. The Hall–Kier alpha value is -2.87. The van der Waals surface area contributed by atoms with Gasteiger partial charge >= 0.3 is 12.1 Å². The van der Waals surface area contributed by atoms with E-state index in [-0.39, 0.29) is 24.7 Å². The van der Waals surface area contributed by atoms with Gasteiger partial charge in [0.1, 0.15) is 6.61 Å². The molecule has 0 aliphatic heterocycles. The third kappa shape index (κ3) is 6.42. The predicted octanol–water partition coefficient (Wildman–Crippen LogP) is 5.50. The number of benzene rings is 1. The minimum atomic E-state index is -0.771. The van der Waals surface area contributed by atoms with Gasteiger partial charge in [-0.3, -0.25) is 4.79 Å². The number of ether oxygens (including phenoxy) is 2. The lowest BCUT2D eigenvalue weighted by Gasteiger charge is -2.29. The van der Waals surface area contributed by atoms with Crippen LogP contribution < -0.4 is 4.74 Å². The number of carboxylic acid groups (broad SMARTS) is 1. The molecule has 1 amide bonds. The van der Waals surface area contributed by atoms with Crippen molar-refractivity contribution in [1.29, 1.82) is 0 Å². The summed E-state index contributed by atoms with van der Waals surface area (Å²) in [6, 6.07) is 5.33. The zero-order valence-electron chi connectivity index (χ0n) is 20.2.